The molecule has 0 spiro atoms. The number of ether oxygens (including phenoxy) is 2. The third kappa shape index (κ3) is 7.91. The maximum absolute atomic E-state index is 13.5. The Morgan fingerprint density at radius 2 is 1.34 bits per heavy atom. The number of nitrogens with zero attached hydrogens (tertiary/aromatic N) is 2. The van der Waals surface area contributed by atoms with Gasteiger partial charge in [-0.15, -0.1) is 13.2 Å². The number of anilines is 5. The van der Waals surface area contributed by atoms with Crippen molar-refractivity contribution in [3.8, 4) is 11.5 Å². The van der Waals surface area contributed by atoms with E-state index in [1.54, 1.807) is 24.3 Å². The summed E-state index contributed by atoms with van der Waals surface area (Å²) in [6, 6.07) is 16.3. The summed E-state index contributed by atoms with van der Waals surface area (Å²) in [4.78, 5) is 6.81. The van der Waals surface area contributed by atoms with Crippen LogP contribution in [0.25, 0.3) is 0 Å². The van der Waals surface area contributed by atoms with E-state index in [0.717, 1.165) is 18.2 Å². The minimum atomic E-state index is -5.12. The second-order valence-corrected chi connectivity index (χ2v) is 9.77. The molecule has 41 heavy (non-hydrogen) atoms. The van der Waals surface area contributed by atoms with Gasteiger partial charge >= 0.3 is 12.5 Å². The van der Waals surface area contributed by atoms with Crippen LogP contribution in [0.15, 0.2) is 83.8 Å². The average molecular weight is 600 g/mol. The Morgan fingerprint density at radius 1 is 0.756 bits per heavy atom. The molecule has 0 saturated heterocycles. The fraction of sp³-hybridized carbons (Fsp3) is 0.120. The molecular weight excluding hydrogens is 580 g/mol. The first-order valence-corrected chi connectivity index (χ1v) is 12.8. The van der Waals surface area contributed by atoms with E-state index < -0.39 is 44.8 Å². The standard InChI is InChI=1S/C25H19F6N5O4S/c1-39-18-12-10-15(11-13-18)32-22-14-21(24(26,27)28)34-23(35-22)33-16-6-8-17(9-7-16)36-41(37,38)20-5-3-2-4-19(20)40-25(29,30)31/h2-14,36H,1H3,(H2,32,33,34,35). The summed E-state index contributed by atoms with van der Waals surface area (Å²) in [5.41, 5.74) is -0.662. The van der Waals surface area contributed by atoms with Crippen molar-refractivity contribution < 1.29 is 44.2 Å². The monoisotopic (exact) mass is 599 g/mol. The number of methoxy groups -OCH3 is 1. The highest BCUT2D eigenvalue weighted by molar-refractivity contribution is 7.92. The van der Waals surface area contributed by atoms with E-state index in [1.807, 2.05) is 0 Å². The number of sulfonamides is 1. The normalized spacial score (nSPS) is 12.0. The molecule has 0 bridgehead atoms. The zero-order chi connectivity index (χ0) is 29.8. The lowest BCUT2D eigenvalue weighted by Crippen LogP contribution is -2.20. The molecule has 9 nitrogen and oxygen atoms in total. The van der Waals surface area contributed by atoms with Crippen LogP contribution in [-0.4, -0.2) is 31.9 Å². The van der Waals surface area contributed by atoms with Gasteiger partial charge in [0.05, 0.1) is 7.11 Å². The van der Waals surface area contributed by atoms with E-state index in [9.17, 15) is 34.8 Å². The molecule has 0 amide bonds. The smallest absolute Gasteiger partial charge is 0.497 e. The molecule has 0 unspecified atom stereocenters. The number of halogens is 6. The molecule has 1 aromatic heterocycles. The van der Waals surface area contributed by atoms with Crippen LogP contribution in [0.2, 0.25) is 0 Å². The Morgan fingerprint density at radius 3 is 1.95 bits per heavy atom. The summed E-state index contributed by atoms with van der Waals surface area (Å²) in [7, 11) is -3.04. The minimum Gasteiger partial charge on any atom is -0.497 e. The van der Waals surface area contributed by atoms with E-state index in [4.69, 9.17) is 4.74 Å². The fourth-order valence-electron chi connectivity index (χ4n) is 3.38. The SMILES string of the molecule is COc1ccc(Nc2cc(C(F)(F)F)nc(Nc3ccc(NS(=O)(=O)c4ccccc4OC(F)(F)F)cc3)n2)cc1. The molecule has 0 radical (unpaired) electrons. The van der Waals surface area contributed by atoms with Crippen molar-refractivity contribution in [2.45, 2.75) is 17.4 Å². The zero-order valence-electron chi connectivity index (χ0n) is 20.7. The van der Waals surface area contributed by atoms with Crippen LogP contribution in [-0.2, 0) is 16.2 Å². The highest BCUT2D eigenvalue weighted by Gasteiger charge is 2.35. The first kappa shape index (κ1) is 29.3. The zero-order valence-corrected chi connectivity index (χ0v) is 21.5. The van der Waals surface area contributed by atoms with Crippen LogP contribution in [0, 0.1) is 0 Å². The quantitative estimate of drug-likeness (QED) is 0.182. The van der Waals surface area contributed by atoms with Gasteiger partial charge < -0.3 is 20.1 Å². The molecule has 1 heterocycles. The summed E-state index contributed by atoms with van der Waals surface area (Å²) in [6.45, 7) is 0. The van der Waals surface area contributed by atoms with Crippen molar-refractivity contribution in [3.63, 3.8) is 0 Å². The van der Waals surface area contributed by atoms with Crippen LogP contribution < -0.4 is 24.8 Å². The predicted octanol–water partition coefficient (Wildman–Crippen LogP) is 6.69. The van der Waals surface area contributed by atoms with Crippen molar-refractivity contribution in [2.24, 2.45) is 0 Å². The van der Waals surface area contributed by atoms with Gasteiger partial charge in [0.1, 0.15) is 22.2 Å². The third-order valence-corrected chi connectivity index (χ3v) is 6.56. The molecule has 16 heteroatoms. The number of aromatic nitrogens is 2. The first-order chi connectivity index (χ1) is 19.2. The van der Waals surface area contributed by atoms with E-state index >= 15 is 0 Å². The van der Waals surface area contributed by atoms with Crippen LogP contribution in [0.1, 0.15) is 5.69 Å². The van der Waals surface area contributed by atoms with Gasteiger partial charge in [0.15, 0.2) is 5.69 Å². The molecule has 0 atom stereocenters. The number of nitrogens with one attached hydrogen (secondary N) is 3. The third-order valence-electron chi connectivity index (χ3n) is 5.14. The molecule has 4 aromatic rings. The molecule has 4 rings (SSSR count). The summed E-state index contributed by atoms with van der Waals surface area (Å²) in [5.74, 6) is -0.959. The molecule has 0 aliphatic heterocycles. The number of rotatable bonds is 9. The molecule has 0 aliphatic rings. The van der Waals surface area contributed by atoms with E-state index in [2.05, 4.69) is 30.1 Å². The van der Waals surface area contributed by atoms with Crippen molar-refractivity contribution in [1.82, 2.24) is 9.97 Å². The molecule has 0 aliphatic carbocycles. The summed E-state index contributed by atoms with van der Waals surface area (Å²) >= 11 is 0. The molecule has 0 fully saturated rings. The Balaban J connectivity index is 1.53. The average Bonchev–Trinajstić information content (AvgIpc) is 2.89. The highest BCUT2D eigenvalue weighted by atomic mass is 32.2. The van der Waals surface area contributed by atoms with Gasteiger partial charge in [-0.25, -0.2) is 13.4 Å². The van der Waals surface area contributed by atoms with E-state index in [0.29, 0.717) is 11.4 Å². The van der Waals surface area contributed by atoms with Crippen LogP contribution >= 0.6 is 0 Å². The van der Waals surface area contributed by atoms with E-state index in [-0.39, 0.29) is 17.2 Å². The Kier molecular flexibility index (Phi) is 8.14. The molecule has 3 N–H and O–H groups in total. The maximum Gasteiger partial charge on any atom is 0.573 e. The Hall–Kier alpha value is -4.73. The fourth-order valence-corrected chi connectivity index (χ4v) is 4.57. The molecule has 3 aromatic carbocycles. The molecule has 216 valence electrons. The second kappa shape index (κ2) is 11.4. The molecular formula is C25H19F6N5O4S. The largest absolute Gasteiger partial charge is 0.573 e. The van der Waals surface area contributed by atoms with Gasteiger partial charge in [0, 0.05) is 23.1 Å². The van der Waals surface area contributed by atoms with Gasteiger partial charge in [-0.2, -0.15) is 18.2 Å². The number of para-hydroxylation sites is 1. The summed E-state index contributed by atoms with van der Waals surface area (Å²) in [5, 5.41) is 5.37. The van der Waals surface area contributed by atoms with Crippen molar-refractivity contribution >= 4 is 38.9 Å². The van der Waals surface area contributed by atoms with Crippen molar-refractivity contribution in [2.75, 3.05) is 22.5 Å². The summed E-state index contributed by atoms with van der Waals surface area (Å²) < 4.78 is 115. The lowest BCUT2D eigenvalue weighted by atomic mass is 10.3. The number of hydrogen-bond donors (Lipinski definition) is 3. The van der Waals surface area contributed by atoms with Crippen molar-refractivity contribution in [3.05, 3.63) is 84.6 Å². The second-order valence-electron chi connectivity index (χ2n) is 8.12. The minimum absolute atomic E-state index is 0.0517. The lowest BCUT2D eigenvalue weighted by Gasteiger charge is -2.15. The van der Waals surface area contributed by atoms with Gasteiger partial charge in [-0.05, 0) is 60.7 Å². The Labute approximate surface area is 229 Å². The van der Waals surface area contributed by atoms with Crippen LogP contribution in [0.4, 0.5) is 55.2 Å². The van der Waals surface area contributed by atoms with Gasteiger partial charge in [-0.3, -0.25) is 4.72 Å². The molecule has 0 saturated carbocycles. The predicted molar refractivity (Wildman–Crippen MR) is 137 cm³/mol. The number of hydrogen-bond acceptors (Lipinski definition) is 8. The van der Waals surface area contributed by atoms with Crippen molar-refractivity contribution in [1.29, 1.82) is 0 Å². The topological polar surface area (TPSA) is 114 Å². The lowest BCUT2D eigenvalue weighted by molar-refractivity contribution is -0.275. The number of alkyl halides is 6. The van der Waals surface area contributed by atoms with Gasteiger partial charge in [0.2, 0.25) is 5.95 Å². The van der Waals surface area contributed by atoms with Gasteiger partial charge in [0.25, 0.3) is 10.0 Å². The first-order valence-electron chi connectivity index (χ1n) is 11.3. The van der Waals surface area contributed by atoms with Crippen LogP contribution in [0.5, 0.6) is 11.5 Å². The van der Waals surface area contributed by atoms with E-state index in [1.165, 1.54) is 43.5 Å². The van der Waals surface area contributed by atoms with Crippen LogP contribution in [0.3, 0.4) is 0 Å². The van der Waals surface area contributed by atoms with Gasteiger partial charge in [-0.1, -0.05) is 12.1 Å². The summed E-state index contributed by atoms with van der Waals surface area (Å²) in [6.07, 6.45) is -9.90. The Bertz CT molecular complexity index is 1610. The highest BCUT2D eigenvalue weighted by Crippen LogP contribution is 2.33. The maximum atomic E-state index is 13.5. The number of benzene rings is 3.